The zero-order valence-electron chi connectivity index (χ0n) is 16.4. The van der Waals surface area contributed by atoms with Crippen molar-refractivity contribution >= 4 is 34.6 Å². The van der Waals surface area contributed by atoms with Gasteiger partial charge in [0.15, 0.2) is 17.1 Å². The molecule has 0 spiro atoms. The summed E-state index contributed by atoms with van der Waals surface area (Å²) in [7, 11) is 1.68. The van der Waals surface area contributed by atoms with Gasteiger partial charge < -0.3 is 25.4 Å². The maximum absolute atomic E-state index is 12.4. The number of benzene rings is 1. The number of para-hydroxylation sites is 1. The number of aromatic nitrogens is 3. The van der Waals surface area contributed by atoms with E-state index in [0.717, 1.165) is 0 Å². The Bertz CT molecular complexity index is 1120. The van der Waals surface area contributed by atoms with Crippen LogP contribution in [0.4, 0.5) is 36.2 Å². The molecule has 2 aromatic heterocycles. The first-order valence-electron chi connectivity index (χ1n) is 9.43. The molecular formula is C19H19F3N6O3. The number of amides is 1. The first-order chi connectivity index (χ1) is 14.8. The summed E-state index contributed by atoms with van der Waals surface area (Å²) in [6, 6.07) is 7.09. The Labute approximate surface area is 174 Å². The molecule has 0 unspecified atom stereocenters. The molecule has 9 nitrogen and oxygen atoms in total. The van der Waals surface area contributed by atoms with Crippen molar-refractivity contribution in [1.82, 2.24) is 14.6 Å². The molecule has 3 aromatic rings. The summed E-state index contributed by atoms with van der Waals surface area (Å²) < 4.78 is 49.8. The highest BCUT2D eigenvalue weighted by atomic mass is 19.4. The first kappa shape index (κ1) is 20.6. The fourth-order valence-corrected chi connectivity index (χ4v) is 3.07. The van der Waals surface area contributed by atoms with Crippen molar-refractivity contribution in [3.8, 4) is 11.5 Å². The van der Waals surface area contributed by atoms with E-state index in [0.29, 0.717) is 42.0 Å². The van der Waals surface area contributed by atoms with E-state index in [2.05, 4.69) is 26.0 Å². The molecule has 0 saturated carbocycles. The average molecular weight is 436 g/mol. The van der Waals surface area contributed by atoms with Gasteiger partial charge in [-0.05, 0) is 12.1 Å². The summed E-state index contributed by atoms with van der Waals surface area (Å²) >= 11 is 0. The van der Waals surface area contributed by atoms with Crippen LogP contribution in [-0.2, 0) is 4.79 Å². The van der Waals surface area contributed by atoms with E-state index < -0.39 is 24.9 Å². The van der Waals surface area contributed by atoms with Crippen LogP contribution < -0.4 is 25.4 Å². The third-order valence-corrected chi connectivity index (χ3v) is 4.47. The van der Waals surface area contributed by atoms with E-state index in [4.69, 9.17) is 9.47 Å². The second-order valence-electron chi connectivity index (χ2n) is 6.69. The van der Waals surface area contributed by atoms with Gasteiger partial charge in [-0.3, -0.25) is 4.79 Å². The number of fused-ring (bicyclic) bond motifs is 2. The van der Waals surface area contributed by atoms with Gasteiger partial charge in [0, 0.05) is 19.5 Å². The number of carbonyl (C=O) groups excluding carboxylic acids is 1. The molecule has 1 aromatic carbocycles. The molecule has 0 radical (unpaired) electrons. The lowest BCUT2D eigenvalue weighted by molar-refractivity contribution is -0.142. The van der Waals surface area contributed by atoms with E-state index in [1.54, 1.807) is 31.3 Å². The minimum atomic E-state index is -4.41. The topological polar surface area (TPSA) is 102 Å². The van der Waals surface area contributed by atoms with Gasteiger partial charge >= 0.3 is 6.18 Å². The van der Waals surface area contributed by atoms with Crippen molar-refractivity contribution in [2.24, 2.45) is 0 Å². The fraction of sp³-hybridized carbons (Fsp3) is 0.316. The predicted octanol–water partition coefficient (Wildman–Crippen LogP) is 3.57. The van der Waals surface area contributed by atoms with Gasteiger partial charge in [-0.15, -0.1) is 0 Å². The van der Waals surface area contributed by atoms with Gasteiger partial charge in [0.2, 0.25) is 5.91 Å². The predicted molar refractivity (Wildman–Crippen MR) is 107 cm³/mol. The zero-order chi connectivity index (χ0) is 22.0. The molecule has 0 fully saturated rings. The quantitative estimate of drug-likeness (QED) is 0.543. The Hall–Kier alpha value is -3.70. The SMILES string of the molecule is CNc1cc(Nc2cccc3c2OCCO3)nc2c(NC(=O)CCC(F)(F)F)cnn12. The van der Waals surface area contributed by atoms with Crippen molar-refractivity contribution in [3.63, 3.8) is 0 Å². The Balaban J connectivity index is 1.62. The van der Waals surface area contributed by atoms with Gasteiger partial charge in [-0.2, -0.15) is 22.8 Å². The van der Waals surface area contributed by atoms with E-state index in [-0.39, 0.29) is 11.3 Å². The van der Waals surface area contributed by atoms with Crippen molar-refractivity contribution in [2.45, 2.75) is 19.0 Å². The molecule has 1 amide bonds. The lowest BCUT2D eigenvalue weighted by Gasteiger charge is -2.21. The van der Waals surface area contributed by atoms with Crippen LogP contribution in [-0.4, -0.2) is 46.9 Å². The molecule has 31 heavy (non-hydrogen) atoms. The number of halogens is 3. The molecule has 1 aliphatic rings. The number of anilines is 4. The summed E-state index contributed by atoms with van der Waals surface area (Å²) in [6.45, 7) is 0.869. The maximum Gasteiger partial charge on any atom is 0.389 e. The monoisotopic (exact) mass is 436 g/mol. The number of nitrogens with one attached hydrogen (secondary N) is 3. The minimum absolute atomic E-state index is 0.196. The van der Waals surface area contributed by atoms with Gasteiger partial charge in [-0.1, -0.05) is 6.07 Å². The number of hydrogen-bond acceptors (Lipinski definition) is 7. The Morgan fingerprint density at radius 1 is 1.23 bits per heavy atom. The number of nitrogens with zero attached hydrogens (tertiary/aromatic N) is 3. The van der Waals surface area contributed by atoms with Crippen molar-refractivity contribution in [3.05, 3.63) is 30.5 Å². The zero-order valence-corrected chi connectivity index (χ0v) is 16.4. The van der Waals surface area contributed by atoms with Gasteiger partial charge in [0.05, 0.1) is 18.3 Å². The van der Waals surface area contributed by atoms with Crippen LogP contribution in [0, 0.1) is 0 Å². The smallest absolute Gasteiger partial charge is 0.389 e. The molecule has 3 N–H and O–H groups in total. The normalized spacial score (nSPS) is 13.2. The third-order valence-electron chi connectivity index (χ3n) is 4.47. The summed E-state index contributed by atoms with van der Waals surface area (Å²) in [5.74, 6) is 1.33. The lowest BCUT2D eigenvalue weighted by Crippen LogP contribution is -2.17. The van der Waals surface area contributed by atoms with Crippen molar-refractivity contribution < 1.29 is 27.4 Å². The number of carbonyl (C=O) groups is 1. The first-order valence-corrected chi connectivity index (χ1v) is 9.43. The molecule has 0 saturated heterocycles. The second kappa shape index (κ2) is 8.20. The molecule has 0 atom stereocenters. The summed E-state index contributed by atoms with van der Waals surface area (Å²) in [4.78, 5) is 16.4. The Kier molecular flexibility index (Phi) is 5.44. The van der Waals surface area contributed by atoms with Crippen molar-refractivity contribution in [1.29, 1.82) is 0 Å². The van der Waals surface area contributed by atoms with Crippen LogP contribution in [0.15, 0.2) is 30.5 Å². The molecule has 164 valence electrons. The molecule has 0 bridgehead atoms. The second-order valence-corrected chi connectivity index (χ2v) is 6.69. The van der Waals surface area contributed by atoms with Crippen LogP contribution in [0.3, 0.4) is 0 Å². The standard InChI is InChI=1S/C19H19F3N6O3/c1-23-15-9-14(25-11-3-2-4-13-17(11)31-8-7-30-13)27-18-12(10-24-28(15)18)26-16(29)5-6-19(20,21)22/h2-4,9-10,23H,5-8H2,1H3,(H,25,27)(H,26,29). The summed E-state index contributed by atoms with van der Waals surface area (Å²) in [6.07, 6.45) is -4.97. The average Bonchev–Trinajstić information content (AvgIpc) is 3.14. The molecule has 3 heterocycles. The Morgan fingerprint density at radius 2 is 2.03 bits per heavy atom. The molecule has 4 rings (SSSR count). The number of alkyl halides is 3. The van der Waals surface area contributed by atoms with Gasteiger partial charge in [-0.25, -0.2) is 4.98 Å². The fourth-order valence-electron chi connectivity index (χ4n) is 3.07. The maximum atomic E-state index is 12.4. The van der Waals surface area contributed by atoms with E-state index in [1.165, 1.54) is 10.7 Å². The summed E-state index contributed by atoms with van der Waals surface area (Å²) in [5, 5.41) is 12.7. The van der Waals surface area contributed by atoms with Crippen LogP contribution in [0.2, 0.25) is 0 Å². The van der Waals surface area contributed by atoms with Crippen LogP contribution in [0.5, 0.6) is 11.5 Å². The highest BCUT2D eigenvalue weighted by molar-refractivity contribution is 5.94. The van der Waals surface area contributed by atoms with Crippen LogP contribution in [0.1, 0.15) is 12.8 Å². The van der Waals surface area contributed by atoms with Gasteiger partial charge in [0.25, 0.3) is 0 Å². The molecular weight excluding hydrogens is 417 g/mol. The molecule has 12 heteroatoms. The molecule has 0 aliphatic carbocycles. The highest BCUT2D eigenvalue weighted by Gasteiger charge is 2.28. The lowest BCUT2D eigenvalue weighted by atomic mass is 10.2. The number of ether oxygens (including phenoxy) is 2. The number of rotatable bonds is 6. The van der Waals surface area contributed by atoms with E-state index >= 15 is 0 Å². The number of hydrogen-bond donors (Lipinski definition) is 3. The third kappa shape index (κ3) is 4.57. The Morgan fingerprint density at radius 3 is 2.81 bits per heavy atom. The van der Waals surface area contributed by atoms with Gasteiger partial charge in [0.1, 0.15) is 30.5 Å². The molecule has 1 aliphatic heterocycles. The minimum Gasteiger partial charge on any atom is -0.486 e. The van der Waals surface area contributed by atoms with Crippen molar-refractivity contribution in [2.75, 3.05) is 36.2 Å². The van der Waals surface area contributed by atoms with Crippen LogP contribution >= 0.6 is 0 Å². The largest absolute Gasteiger partial charge is 0.486 e. The van der Waals surface area contributed by atoms with E-state index in [1.807, 2.05) is 0 Å². The summed E-state index contributed by atoms with van der Waals surface area (Å²) in [5.41, 5.74) is 1.09. The van der Waals surface area contributed by atoms with Crippen LogP contribution in [0.25, 0.3) is 5.65 Å². The highest BCUT2D eigenvalue weighted by Crippen LogP contribution is 2.38. The van der Waals surface area contributed by atoms with E-state index in [9.17, 15) is 18.0 Å².